The van der Waals surface area contributed by atoms with Crippen molar-refractivity contribution in [3.8, 4) is 22.9 Å². The van der Waals surface area contributed by atoms with Gasteiger partial charge in [0.15, 0.2) is 11.5 Å². The Morgan fingerprint density at radius 1 is 1.24 bits per heavy atom. The van der Waals surface area contributed by atoms with E-state index in [-0.39, 0.29) is 5.56 Å². The van der Waals surface area contributed by atoms with E-state index in [4.69, 9.17) is 9.47 Å². The molecule has 0 bridgehead atoms. The molecule has 1 aromatic heterocycles. The molecule has 0 aliphatic carbocycles. The summed E-state index contributed by atoms with van der Waals surface area (Å²) in [5.74, 6) is 1.89. The fraction of sp³-hybridized carbons (Fsp3) is 0.333. The van der Waals surface area contributed by atoms with Gasteiger partial charge in [-0.2, -0.15) is 0 Å². The van der Waals surface area contributed by atoms with E-state index >= 15 is 0 Å². The maximum absolute atomic E-state index is 11.9. The van der Waals surface area contributed by atoms with Gasteiger partial charge in [-0.1, -0.05) is 0 Å². The van der Waals surface area contributed by atoms with Crippen molar-refractivity contribution in [3.05, 3.63) is 38.2 Å². The first-order valence-corrected chi connectivity index (χ1v) is 7.52. The molecule has 0 saturated heterocycles. The zero-order valence-electron chi connectivity index (χ0n) is 11.8. The summed E-state index contributed by atoms with van der Waals surface area (Å²) >= 11 is 3.49. The van der Waals surface area contributed by atoms with E-state index in [1.54, 1.807) is 6.92 Å². The smallest absolute Gasteiger partial charge is 0.254 e. The van der Waals surface area contributed by atoms with Gasteiger partial charge in [-0.25, -0.2) is 4.98 Å². The number of halogens is 1. The Kier molecular flexibility index (Phi) is 3.71. The minimum absolute atomic E-state index is 0.124. The molecule has 3 rings (SSSR count). The molecule has 0 unspecified atom stereocenters. The van der Waals surface area contributed by atoms with E-state index in [1.807, 2.05) is 19.1 Å². The van der Waals surface area contributed by atoms with Crippen LogP contribution in [0.4, 0.5) is 0 Å². The second kappa shape index (κ2) is 5.52. The van der Waals surface area contributed by atoms with Crippen LogP contribution in [0, 0.1) is 13.8 Å². The molecular formula is C15H15BrN2O3. The molecule has 1 aliphatic heterocycles. The van der Waals surface area contributed by atoms with E-state index in [1.165, 1.54) is 0 Å². The van der Waals surface area contributed by atoms with E-state index < -0.39 is 0 Å². The van der Waals surface area contributed by atoms with Gasteiger partial charge in [-0.05, 0) is 41.9 Å². The van der Waals surface area contributed by atoms with Gasteiger partial charge in [-0.15, -0.1) is 0 Å². The van der Waals surface area contributed by atoms with Crippen molar-refractivity contribution < 1.29 is 9.47 Å². The maximum Gasteiger partial charge on any atom is 0.254 e. The van der Waals surface area contributed by atoms with Gasteiger partial charge >= 0.3 is 0 Å². The number of aromatic amines is 1. The molecule has 0 radical (unpaired) electrons. The number of aromatic nitrogens is 2. The Hall–Kier alpha value is -1.82. The molecule has 5 nitrogen and oxygen atoms in total. The van der Waals surface area contributed by atoms with Crippen molar-refractivity contribution in [2.24, 2.45) is 0 Å². The number of hydrogen-bond donors (Lipinski definition) is 1. The van der Waals surface area contributed by atoms with Crippen molar-refractivity contribution in [2.45, 2.75) is 20.3 Å². The van der Waals surface area contributed by atoms with Crippen LogP contribution in [0.25, 0.3) is 11.4 Å². The zero-order chi connectivity index (χ0) is 15.0. The number of rotatable bonds is 1. The van der Waals surface area contributed by atoms with Crippen LogP contribution < -0.4 is 15.0 Å². The highest BCUT2D eigenvalue weighted by Gasteiger charge is 2.17. The fourth-order valence-electron chi connectivity index (χ4n) is 2.15. The number of nitrogens with zero attached hydrogens (tertiary/aromatic N) is 1. The standard InChI is InChI=1S/C15H15BrN2O3/c1-8-9(2)17-14(18-15(8)19)10-6-11(16)13-12(7-10)20-4-3-5-21-13/h6-7H,3-5H2,1-2H3,(H,17,18,19). The highest BCUT2D eigenvalue weighted by Crippen LogP contribution is 2.40. The van der Waals surface area contributed by atoms with Crippen LogP contribution in [-0.2, 0) is 0 Å². The lowest BCUT2D eigenvalue weighted by atomic mass is 10.1. The van der Waals surface area contributed by atoms with Crippen LogP contribution in [0.5, 0.6) is 11.5 Å². The molecule has 1 aromatic carbocycles. The number of hydrogen-bond acceptors (Lipinski definition) is 4. The second-order valence-electron chi connectivity index (χ2n) is 4.96. The summed E-state index contributed by atoms with van der Waals surface area (Å²) in [6, 6.07) is 3.72. The number of fused-ring (bicyclic) bond motifs is 1. The third kappa shape index (κ3) is 2.68. The van der Waals surface area contributed by atoms with Gasteiger partial charge in [0, 0.05) is 23.2 Å². The van der Waals surface area contributed by atoms with Gasteiger partial charge in [0.25, 0.3) is 5.56 Å². The highest BCUT2D eigenvalue weighted by molar-refractivity contribution is 9.10. The van der Waals surface area contributed by atoms with Crippen molar-refractivity contribution in [1.82, 2.24) is 9.97 Å². The minimum atomic E-state index is -0.124. The highest BCUT2D eigenvalue weighted by atomic mass is 79.9. The number of benzene rings is 1. The Morgan fingerprint density at radius 3 is 2.76 bits per heavy atom. The average molecular weight is 351 g/mol. The molecule has 0 amide bonds. The summed E-state index contributed by atoms with van der Waals surface area (Å²) in [6.07, 6.45) is 0.842. The van der Waals surface area contributed by atoms with Crippen LogP contribution in [0.1, 0.15) is 17.7 Å². The van der Waals surface area contributed by atoms with Crippen LogP contribution in [0.3, 0.4) is 0 Å². The third-order valence-electron chi connectivity index (χ3n) is 3.47. The number of H-pyrrole nitrogens is 1. The second-order valence-corrected chi connectivity index (χ2v) is 5.82. The topological polar surface area (TPSA) is 64.2 Å². The first-order chi connectivity index (χ1) is 10.1. The number of nitrogens with one attached hydrogen (secondary N) is 1. The van der Waals surface area contributed by atoms with E-state index in [2.05, 4.69) is 25.9 Å². The lowest BCUT2D eigenvalue weighted by Gasteiger charge is -2.12. The third-order valence-corrected chi connectivity index (χ3v) is 4.06. The van der Waals surface area contributed by atoms with Crippen LogP contribution in [0.2, 0.25) is 0 Å². The largest absolute Gasteiger partial charge is 0.489 e. The van der Waals surface area contributed by atoms with Crippen LogP contribution in [-0.4, -0.2) is 23.2 Å². The molecular weight excluding hydrogens is 336 g/mol. The molecule has 0 spiro atoms. The van der Waals surface area contributed by atoms with Gasteiger partial charge in [0.1, 0.15) is 5.82 Å². The normalized spacial score (nSPS) is 13.9. The van der Waals surface area contributed by atoms with Gasteiger partial charge in [-0.3, -0.25) is 4.79 Å². The Balaban J connectivity index is 2.14. The van der Waals surface area contributed by atoms with Gasteiger partial charge < -0.3 is 14.5 Å². The summed E-state index contributed by atoms with van der Waals surface area (Å²) in [7, 11) is 0. The van der Waals surface area contributed by atoms with Crippen LogP contribution in [0.15, 0.2) is 21.4 Å². The van der Waals surface area contributed by atoms with Crippen molar-refractivity contribution in [3.63, 3.8) is 0 Å². The lowest BCUT2D eigenvalue weighted by molar-refractivity contribution is 0.296. The van der Waals surface area contributed by atoms with Gasteiger partial charge in [0.05, 0.1) is 17.7 Å². The molecule has 2 aromatic rings. The number of ether oxygens (including phenoxy) is 2. The summed E-state index contributed by atoms with van der Waals surface area (Å²) in [4.78, 5) is 19.1. The Morgan fingerprint density at radius 2 is 2.00 bits per heavy atom. The lowest BCUT2D eigenvalue weighted by Crippen LogP contribution is -2.14. The quantitative estimate of drug-likeness (QED) is 0.858. The van der Waals surface area contributed by atoms with E-state index in [0.29, 0.717) is 36.1 Å². The van der Waals surface area contributed by atoms with Crippen LogP contribution >= 0.6 is 15.9 Å². The van der Waals surface area contributed by atoms with E-state index in [9.17, 15) is 4.79 Å². The summed E-state index contributed by atoms with van der Waals surface area (Å²) < 4.78 is 12.2. The average Bonchev–Trinajstić information content (AvgIpc) is 2.69. The first-order valence-electron chi connectivity index (χ1n) is 6.73. The monoisotopic (exact) mass is 350 g/mol. The molecule has 0 fully saturated rings. The van der Waals surface area contributed by atoms with E-state index in [0.717, 1.165) is 22.2 Å². The summed E-state index contributed by atoms with van der Waals surface area (Å²) in [5, 5.41) is 0. The molecule has 21 heavy (non-hydrogen) atoms. The zero-order valence-corrected chi connectivity index (χ0v) is 13.4. The SMILES string of the molecule is Cc1nc(-c2cc(Br)c3c(c2)OCCCO3)[nH]c(=O)c1C. The van der Waals surface area contributed by atoms with Crippen molar-refractivity contribution in [2.75, 3.05) is 13.2 Å². The maximum atomic E-state index is 11.9. The molecule has 1 N–H and O–H groups in total. The summed E-state index contributed by atoms with van der Waals surface area (Å²) in [5.41, 5.74) is 2.01. The molecule has 2 heterocycles. The Bertz CT molecular complexity index is 755. The molecule has 6 heteroatoms. The predicted molar refractivity (Wildman–Crippen MR) is 83.1 cm³/mol. The first kappa shape index (κ1) is 14.1. The molecule has 0 atom stereocenters. The summed E-state index contributed by atoms with van der Waals surface area (Å²) in [6.45, 7) is 4.82. The predicted octanol–water partition coefficient (Wildman–Crippen LogP) is 2.98. The minimum Gasteiger partial charge on any atom is -0.489 e. The molecule has 1 aliphatic rings. The molecule has 110 valence electrons. The van der Waals surface area contributed by atoms with Crippen molar-refractivity contribution >= 4 is 15.9 Å². The Labute approximate surface area is 130 Å². The fourth-order valence-corrected chi connectivity index (χ4v) is 2.71. The van der Waals surface area contributed by atoms with Gasteiger partial charge in [0.2, 0.25) is 0 Å². The van der Waals surface area contributed by atoms with Crippen molar-refractivity contribution in [1.29, 1.82) is 0 Å². The molecule has 0 saturated carbocycles. The number of aryl methyl sites for hydroxylation is 1.